The minimum absolute atomic E-state index is 0.143. The van der Waals surface area contributed by atoms with Gasteiger partial charge in [0.05, 0.1) is 18.5 Å². The highest BCUT2D eigenvalue weighted by Crippen LogP contribution is 2.22. The number of thioether (sulfide) groups is 1. The van der Waals surface area contributed by atoms with Crippen LogP contribution in [0.1, 0.15) is 11.4 Å². The Morgan fingerprint density at radius 3 is 2.52 bits per heavy atom. The number of nitrogens with zero attached hydrogens (tertiary/aromatic N) is 4. The number of hydrogen-bond donors (Lipinski definition) is 2. The molecule has 0 fully saturated rings. The van der Waals surface area contributed by atoms with E-state index < -0.39 is 0 Å². The fraction of sp³-hybridized carbons (Fsp3) is 0.0833. The van der Waals surface area contributed by atoms with E-state index in [0.29, 0.717) is 16.7 Å². The van der Waals surface area contributed by atoms with Crippen LogP contribution in [-0.4, -0.2) is 32.6 Å². The van der Waals surface area contributed by atoms with Crippen LogP contribution < -0.4 is 10.7 Å². The van der Waals surface area contributed by atoms with Gasteiger partial charge in [0, 0.05) is 16.4 Å². The highest BCUT2D eigenvalue weighted by Gasteiger charge is 2.15. The van der Waals surface area contributed by atoms with Gasteiger partial charge in [0.15, 0.2) is 11.0 Å². The molecule has 166 valence electrons. The van der Waals surface area contributed by atoms with Crippen LogP contribution in [0.25, 0.3) is 5.69 Å². The maximum absolute atomic E-state index is 12.3. The third-order valence-corrected chi connectivity index (χ3v) is 5.69. The number of hydrazone groups is 1. The molecule has 1 heterocycles. The molecule has 1 aromatic heterocycles. The number of halogens is 1. The van der Waals surface area contributed by atoms with Crippen molar-refractivity contribution in [3.8, 4) is 5.69 Å². The molecule has 0 saturated carbocycles. The zero-order valence-corrected chi connectivity index (χ0v) is 19.1. The van der Waals surface area contributed by atoms with Crippen molar-refractivity contribution in [1.82, 2.24) is 20.2 Å². The van der Waals surface area contributed by atoms with E-state index >= 15 is 0 Å². The average molecular weight is 477 g/mol. The van der Waals surface area contributed by atoms with Gasteiger partial charge >= 0.3 is 0 Å². The Morgan fingerprint density at radius 2 is 1.76 bits per heavy atom. The van der Waals surface area contributed by atoms with Gasteiger partial charge < -0.3 is 5.32 Å². The number of nitrogens with one attached hydrogen (secondary N) is 2. The molecule has 33 heavy (non-hydrogen) atoms. The van der Waals surface area contributed by atoms with Gasteiger partial charge in [-0.1, -0.05) is 71.9 Å². The molecule has 0 aliphatic rings. The van der Waals surface area contributed by atoms with Crippen LogP contribution in [0.2, 0.25) is 5.02 Å². The summed E-state index contributed by atoms with van der Waals surface area (Å²) in [6, 6.07) is 26.9. The largest absolute Gasteiger partial charge is 0.378 e. The number of amides is 1. The van der Waals surface area contributed by atoms with Gasteiger partial charge in [-0.3, -0.25) is 9.36 Å². The van der Waals surface area contributed by atoms with Crippen LogP contribution >= 0.6 is 23.4 Å². The Balaban J connectivity index is 1.42. The van der Waals surface area contributed by atoms with E-state index in [9.17, 15) is 4.79 Å². The van der Waals surface area contributed by atoms with E-state index in [1.807, 2.05) is 77.4 Å². The Labute approximate surface area is 200 Å². The lowest BCUT2D eigenvalue weighted by Crippen LogP contribution is -2.20. The summed E-state index contributed by atoms with van der Waals surface area (Å²) in [4.78, 5) is 12.3. The van der Waals surface area contributed by atoms with Crippen molar-refractivity contribution in [2.45, 2.75) is 11.7 Å². The summed E-state index contributed by atoms with van der Waals surface area (Å²) in [5.41, 5.74) is 5.25. The summed E-state index contributed by atoms with van der Waals surface area (Å²) >= 11 is 7.25. The maximum Gasteiger partial charge on any atom is 0.250 e. The van der Waals surface area contributed by atoms with E-state index in [1.54, 1.807) is 18.3 Å². The first kappa shape index (κ1) is 22.6. The quantitative estimate of drug-likeness (QED) is 0.206. The number of aromatic nitrogens is 3. The molecule has 9 heteroatoms. The predicted octanol–water partition coefficient (Wildman–Crippen LogP) is 4.78. The Morgan fingerprint density at radius 1 is 1.00 bits per heavy atom. The standard InChI is InChI=1S/C24H21ClN6OS/c25-19-9-7-8-18(14-19)15-27-29-23(32)17-33-24-30-28-22(16-26-20-10-3-1-4-11-20)31(24)21-12-5-2-6-13-21/h1-15,26H,16-17H2,(H,29,32). The third kappa shape index (κ3) is 6.44. The van der Waals surface area contributed by atoms with E-state index in [-0.39, 0.29) is 11.7 Å². The molecule has 7 nitrogen and oxygen atoms in total. The van der Waals surface area contributed by atoms with Gasteiger partial charge in [-0.05, 0) is 42.0 Å². The maximum atomic E-state index is 12.3. The molecule has 0 saturated heterocycles. The van der Waals surface area contributed by atoms with Crippen LogP contribution in [0.5, 0.6) is 0 Å². The van der Waals surface area contributed by atoms with E-state index in [4.69, 9.17) is 11.6 Å². The van der Waals surface area contributed by atoms with E-state index in [0.717, 1.165) is 22.8 Å². The van der Waals surface area contributed by atoms with Gasteiger partial charge in [-0.2, -0.15) is 5.10 Å². The Bertz CT molecular complexity index is 1230. The van der Waals surface area contributed by atoms with Crippen molar-refractivity contribution in [3.05, 3.63) is 101 Å². The lowest BCUT2D eigenvalue weighted by molar-refractivity contribution is -0.118. The minimum atomic E-state index is -0.246. The van der Waals surface area contributed by atoms with Crippen LogP contribution in [0, 0.1) is 0 Å². The first-order valence-corrected chi connectivity index (χ1v) is 11.5. The van der Waals surface area contributed by atoms with Crippen molar-refractivity contribution < 1.29 is 4.79 Å². The fourth-order valence-electron chi connectivity index (χ4n) is 3.01. The number of rotatable bonds is 9. The SMILES string of the molecule is O=C(CSc1nnc(CNc2ccccc2)n1-c1ccccc1)NN=Cc1cccc(Cl)c1. The average Bonchev–Trinajstić information content (AvgIpc) is 3.25. The number of carbonyl (C=O) groups is 1. The van der Waals surface area contributed by atoms with E-state index in [1.165, 1.54) is 11.8 Å². The molecule has 2 N–H and O–H groups in total. The first-order chi connectivity index (χ1) is 16.2. The summed E-state index contributed by atoms with van der Waals surface area (Å²) < 4.78 is 1.95. The van der Waals surface area contributed by atoms with Crippen molar-refractivity contribution in [2.24, 2.45) is 5.10 Å². The molecule has 0 aliphatic heterocycles. The van der Waals surface area contributed by atoms with Crippen molar-refractivity contribution in [1.29, 1.82) is 0 Å². The highest BCUT2D eigenvalue weighted by atomic mass is 35.5. The molecule has 0 spiro atoms. The fourth-order valence-corrected chi connectivity index (χ4v) is 3.97. The summed E-state index contributed by atoms with van der Waals surface area (Å²) in [6.45, 7) is 0.489. The highest BCUT2D eigenvalue weighted by molar-refractivity contribution is 7.99. The monoisotopic (exact) mass is 476 g/mol. The minimum Gasteiger partial charge on any atom is -0.378 e. The molecule has 0 atom stereocenters. The lowest BCUT2D eigenvalue weighted by atomic mass is 10.2. The van der Waals surface area contributed by atoms with Gasteiger partial charge in [0.1, 0.15) is 0 Å². The normalized spacial score (nSPS) is 10.9. The number of hydrogen-bond acceptors (Lipinski definition) is 6. The second-order valence-corrected chi connectivity index (χ2v) is 8.31. The molecule has 0 radical (unpaired) electrons. The topological polar surface area (TPSA) is 84.2 Å². The molecule has 4 aromatic rings. The van der Waals surface area contributed by atoms with Gasteiger partial charge in [-0.15, -0.1) is 10.2 Å². The van der Waals surface area contributed by atoms with Crippen molar-refractivity contribution >= 4 is 41.2 Å². The van der Waals surface area contributed by atoms with Crippen molar-refractivity contribution in [3.63, 3.8) is 0 Å². The first-order valence-electron chi connectivity index (χ1n) is 10.2. The predicted molar refractivity (Wildman–Crippen MR) is 133 cm³/mol. The molecule has 0 bridgehead atoms. The molecular weight excluding hydrogens is 456 g/mol. The summed E-state index contributed by atoms with van der Waals surface area (Å²) in [5.74, 6) is 0.640. The number of para-hydroxylation sites is 2. The van der Waals surface area contributed by atoms with Gasteiger partial charge in [0.2, 0.25) is 0 Å². The molecular formula is C24H21ClN6OS. The third-order valence-electron chi connectivity index (χ3n) is 4.52. The van der Waals surface area contributed by atoms with Crippen LogP contribution in [0.3, 0.4) is 0 Å². The Kier molecular flexibility index (Phi) is 7.73. The van der Waals surface area contributed by atoms with E-state index in [2.05, 4.69) is 26.0 Å². The summed E-state index contributed by atoms with van der Waals surface area (Å²) in [7, 11) is 0. The second-order valence-electron chi connectivity index (χ2n) is 6.93. The second kappa shape index (κ2) is 11.3. The van der Waals surface area contributed by atoms with Crippen LogP contribution in [0.15, 0.2) is 95.2 Å². The van der Waals surface area contributed by atoms with Gasteiger partial charge in [-0.25, -0.2) is 5.43 Å². The zero-order valence-electron chi connectivity index (χ0n) is 17.6. The van der Waals surface area contributed by atoms with Crippen molar-refractivity contribution in [2.75, 3.05) is 11.1 Å². The zero-order chi connectivity index (χ0) is 22.9. The Hall–Kier alpha value is -3.62. The molecule has 3 aromatic carbocycles. The lowest BCUT2D eigenvalue weighted by Gasteiger charge is -2.11. The van der Waals surface area contributed by atoms with Crippen LogP contribution in [0.4, 0.5) is 5.69 Å². The smallest absolute Gasteiger partial charge is 0.250 e. The van der Waals surface area contributed by atoms with Gasteiger partial charge in [0.25, 0.3) is 5.91 Å². The number of carbonyl (C=O) groups excluding carboxylic acids is 1. The number of benzene rings is 3. The summed E-state index contributed by atoms with van der Waals surface area (Å²) in [5, 5.41) is 17.3. The summed E-state index contributed by atoms with van der Waals surface area (Å²) in [6.07, 6.45) is 1.55. The molecule has 0 unspecified atom stereocenters. The molecule has 1 amide bonds. The molecule has 4 rings (SSSR count). The molecule has 0 aliphatic carbocycles. The van der Waals surface area contributed by atoms with Crippen LogP contribution in [-0.2, 0) is 11.3 Å². The number of anilines is 1.